The molecule has 7 aliphatic rings. The number of carbonyl (C=O) groups excluding carboxylic acids is 5. The van der Waals surface area contributed by atoms with E-state index in [9.17, 15) is 29.1 Å². The lowest BCUT2D eigenvalue weighted by Gasteiger charge is -2.71. The summed E-state index contributed by atoms with van der Waals surface area (Å²) in [5, 5.41) is 12.4. The number of allylic oxidation sites excluding steroid dienone is 2. The Morgan fingerprint density at radius 1 is 0.593 bits per heavy atom. The standard InChI is InChI=1S/C71H86O15/c1-43-56(83-60(74)46-24-16-11-17-25-46)58(84-61(75)47-26-18-12-19-27-47)59(85-62(76)48-28-20-13-21-29-48)64(80-43)86-57-55(73)51(81-44(2)72)42-78-63(57)82-54-33-34-68(7)52(67(54,5)6)32-35-70(9)53(68)31-30-49-50-40-66(3,4)36-38-71(50,39-37-69(49,70)8)65(77)79-41-45-22-14-10-15-23-45/h10-30,43,50-59,63-64,73H,31-42H2,1-9H3/t43-,50-,51-,52-,53+,54-,55-,56-,57+,58+,59+,63-,64-,68-,69+,70+,71-/m0/s1. The van der Waals surface area contributed by atoms with Crippen LogP contribution in [0.2, 0.25) is 0 Å². The highest BCUT2D eigenvalue weighted by atomic mass is 16.8. The molecule has 0 aromatic heterocycles. The molecule has 4 aromatic rings. The van der Waals surface area contributed by atoms with Crippen molar-refractivity contribution in [1.82, 2.24) is 0 Å². The van der Waals surface area contributed by atoms with Crippen LogP contribution in [0.25, 0.3) is 0 Å². The van der Waals surface area contributed by atoms with Gasteiger partial charge in [0.05, 0.1) is 40.9 Å². The molecule has 86 heavy (non-hydrogen) atoms. The summed E-state index contributed by atoms with van der Waals surface area (Å²) in [6.45, 7) is 19.7. The first-order chi connectivity index (χ1) is 41.0. The van der Waals surface area contributed by atoms with Crippen LogP contribution in [-0.2, 0) is 58.8 Å². The zero-order chi connectivity index (χ0) is 61.0. The topological polar surface area (TPSA) is 189 Å². The molecule has 2 aliphatic heterocycles. The van der Waals surface area contributed by atoms with Crippen molar-refractivity contribution >= 4 is 29.8 Å². The van der Waals surface area contributed by atoms with Gasteiger partial charge in [-0.3, -0.25) is 9.59 Å². The van der Waals surface area contributed by atoms with Crippen LogP contribution in [0.5, 0.6) is 0 Å². The number of esters is 5. The van der Waals surface area contributed by atoms with Gasteiger partial charge in [-0.05, 0) is 158 Å². The molecule has 0 bridgehead atoms. The second-order valence-electron chi connectivity index (χ2n) is 27.8. The highest BCUT2D eigenvalue weighted by molar-refractivity contribution is 5.91. The van der Waals surface area contributed by atoms with E-state index in [4.69, 9.17) is 42.6 Å². The molecular formula is C71H86O15. The average molecular weight is 1180 g/mol. The maximum atomic E-state index is 14.7. The molecule has 0 amide bonds. The van der Waals surface area contributed by atoms with E-state index in [0.29, 0.717) is 12.3 Å². The minimum absolute atomic E-state index is 0.0482. The van der Waals surface area contributed by atoms with Gasteiger partial charge in [0.2, 0.25) is 0 Å². The Hall–Kier alpha value is -6.23. The van der Waals surface area contributed by atoms with Crippen LogP contribution in [0.3, 0.4) is 0 Å². The summed E-state index contributed by atoms with van der Waals surface area (Å²) in [6, 6.07) is 34.7. The lowest BCUT2D eigenvalue weighted by atomic mass is 9.33. The van der Waals surface area contributed by atoms with Gasteiger partial charge in [-0.25, -0.2) is 14.4 Å². The molecule has 2 heterocycles. The summed E-state index contributed by atoms with van der Waals surface area (Å²) in [5.41, 5.74) is 1.80. The Kier molecular flexibility index (Phi) is 17.2. The van der Waals surface area contributed by atoms with Crippen LogP contribution >= 0.6 is 0 Å². The highest BCUT2D eigenvalue weighted by Gasteiger charge is 2.70. The quantitative estimate of drug-likeness (QED) is 0.0543. The van der Waals surface area contributed by atoms with Crippen molar-refractivity contribution in [1.29, 1.82) is 0 Å². The molecule has 0 unspecified atom stereocenters. The lowest BCUT2D eigenvalue weighted by Crippen LogP contribution is -2.66. The van der Waals surface area contributed by atoms with Gasteiger partial charge in [0, 0.05) is 6.92 Å². The molecule has 460 valence electrons. The fourth-order valence-corrected chi connectivity index (χ4v) is 17.1. The van der Waals surface area contributed by atoms with Crippen molar-refractivity contribution in [3.8, 4) is 0 Å². The Balaban J connectivity index is 0.879. The molecule has 0 radical (unpaired) electrons. The van der Waals surface area contributed by atoms with E-state index < -0.39 is 96.1 Å². The van der Waals surface area contributed by atoms with Crippen LogP contribution in [0.4, 0.5) is 0 Å². The van der Waals surface area contributed by atoms with Gasteiger partial charge in [0.1, 0.15) is 18.8 Å². The summed E-state index contributed by atoms with van der Waals surface area (Å²) < 4.78 is 57.9. The molecule has 17 atom stereocenters. The second-order valence-corrected chi connectivity index (χ2v) is 27.8. The Labute approximate surface area is 506 Å². The van der Waals surface area contributed by atoms with Crippen molar-refractivity contribution in [2.75, 3.05) is 6.61 Å². The van der Waals surface area contributed by atoms with E-state index in [1.54, 1.807) is 97.9 Å². The molecule has 4 aromatic carbocycles. The predicted octanol–water partition coefficient (Wildman–Crippen LogP) is 12.4. The maximum absolute atomic E-state index is 14.7. The first kappa shape index (κ1) is 61.4. The van der Waals surface area contributed by atoms with Gasteiger partial charge in [0.25, 0.3) is 0 Å². The molecule has 11 rings (SSSR count). The number of hydrogen-bond acceptors (Lipinski definition) is 15. The van der Waals surface area contributed by atoms with E-state index in [1.165, 1.54) is 12.5 Å². The van der Waals surface area contributed by atoms with Crippen LogP contribution < -0.4 is 0 Å². The molecular weight excluding hydrogens is 1090 g/mol. The maximum Gasteiger partial charge on any atom is 0.338 e. The molecule has 2 saturated heterocycles. The summed E-state index contributed by atoms with van der Waals surface area (Å²) in [4.78, 5) is 69.6. The third-order valence-corrected chi connectivity index (χ3v) is 22.0. The van der Waals surface area contributed by atoms with E-state index in [1.807, 2.05) is 30.3 Å². The van der Waals surface area contributed by atoms with E-state index in [-0.39, 0.29) is 69.4 Å². The summed E-state index contributed by atoms with van der Waals surface area (Å²) in [7, 11) is 0. The zero-order valence-electron chi connectivity index (χ0n) is 51.3. The third kappa shape index (κ3) is 11.4. The molecule has 15 heteroatoms. The summed E-state index contributed by atoms with van der Waals surface area (Å²) >= 11 is 0. The molecule has 5 aliphatic carbocycles. The molecule has 0 spiro atoms. The fourth-order valence-electron chi connectivity index (χ4n) is 17.1. The minimum Gasteiger partial charge on any atom is -0.460 e. The fraction of sp³-hybridized carbons (Fsp3) is 0.563. The lowest BCUT2D eigenvalue weighted by molar-refractivity contribution is -0.363. The van der Waals surface area contributed by atoms with Crippen molar-refractivity contribution in [2.45, 2.75) is 195 Å². The third-order valence-electron chi connectivity index (χ3n) is 22.0. The van der Waals surface area contributed by atoms with Gasteiger partial charge in [-0.15, -0.1) is 0 Å². The largest absolute Gasteiger partial charge is 0.460 e. The van der Waals surface area contributed by atoms with Crippen molar-refractivity contribution in [3.05, 3.63) is 155 Å². The van der Waals surface area contributed by atoms with Gasteiger partial charge >= 0.3 is 29.8 Å². The molecule has 4 saturated carbocycles. The Bertz CT molecular complexity index is 3130. The van der Waals surface area contributed by atoms with Crippen LogP contribution in [-0.4, -0.2) is 103 Å². The van der Waals surface area contributed by atoms with E-state index in [2.05, 4.69) is 54.5 Å². The monoisotopic (exact) mass is 1180 g/mol. The number of fused-ring (bicyclic) bond motifs is 7. The number of hydrogen-bond donors (Lipinski definition) is 1. The molecule has 1 N–H and O–H groups in total. The van der Waals surface area contributed by atoms with Crippen LogP contribution in [0.1, 0.15) is 163 Å². The van der Waals surface area contributed by atoms with E-state index >= 15 is 0 Å². The average Bonchev–Trinajstić information content (AvgIpc) is 0.702. The summed E-state index contributed by atoms with van der Waals surface area (Å²) in [6.07, 6.45) is -1.74. The second kappa shape index (κ2) is 24.0. The summed E-state index contributed by atoms with van der Waals surface area (Å²) in [5.74, 6) is -2.44. The SMILES string of the molecule is CC(=O)O[C@H]1CO[C@@H](O[C@H]2CC[C@]3(C)[C@H]4CC=C5[C@@H]6CC(C)(C)CC[C@]6(C(=O)OCc6ccccc6)CC[C@@]5(C)[C@]4(C)CC[C@H]3C2(C)C)[C@H](O[C@@H]2O[C@@H](C)[C@H](OC(=O)c3ccccc3)[C@@H](OC(=O)c3ccccc3)[C@H]2OC(=O)c2ccccc2)[C@H]1O. The molecule has 6 fully saturated rings. The Morgan fingerprint density at radius 2 is 1.15 bits per heavy atom. The number of rotatable bonds is 14. The van der Waals surface area contributed by atoms with Crippen molar-refractivity contribution in [3.63, 3.8) is 0 Å². The normalized spacial score (nSPS) is 36.8. The number of ether oxygens (including phenoxy) is 9. The van der Waals surface area contributed by atoms with Gasteiger partial charge in [-0.2, -0.15) is 0 Å². The van der Waals surface area contributed by atoms with Gasteiger partial charge in [0.15, 0.2) is 37.0 Å². The number of aliphatic hydroxyl groups excluding tert-OH is 1. The minimum atomic E-state index is -1.64. The molecule has 15 nitrogen and oxygen atoms in total. The van der Waals surface area contributed by atoms with Crippen LogP contribution in [0, 0.1) is 50.2 Å². The zero-order valence-corrected chi connectivity index (χ0v) is 51.3. The van der Waals surface area contributed by atoms with Gasteiger partial charge in [-0.1, -0.05) is 145 Å². The number of benzene rings is 4. The Morgan fingerprint density at radius 3 is 1.74 bits per heavy atom. The van der Waals surface area contributed by atoms with Crippen molar-refractivity contribution in [2.24, 2.45) is 50.2 Å². The van der Waals surface area contributed by atoms with Crippen molar-refractivity contribution < 1.29 is 71.7 Å². The first-order valence-corrected chi connectivity index (χ1v) is 31.1. The predicted molar refractivity (Wildman–Crippen MR) is 318 cm³/mol. The van der Waals surface area contributed by atoms with E-state index in [0.717, 1.165) is 63.4 Å². The highest BCUT2D eigenvalue weighted by Crippen LogP contribution is 2.76. The number of aliphatic hydroxyl groups is 1. The smallest absolute Gasteiger partial charge is 0.338 e. The first-order valence-electron chi connectivity index (χ1n) is 31.1. The van der Waals surface area contributed by atoms with Gasteiger partial charge < -0.3 is 47.7 Å². The number of carbonyl (C=O) groups is 5. The van der Waals surface area contributed by atoms with Crippen LogP contribution in [0.15, 0.2) is 133 Å².